The summed E-state index contributed by atoms with van der Waals surface area (Å²) in [6.07, 6.45) is 2.25. The zero-order valence-corrected chi connectivity index (χ0v) is 26.8. The molecule has 0 bridgehead atoms. The van der Waals surface area contributed by atoms with Gasteiger partial charge in [0.2, 0.25) is 0 Å². The van der Waals surface area contributed by atoms with Crippen LogP contribution in [0, 0.1) is 5.92 Å². The van der Waals surface area contributed by atoms with E-state index >= 15 is 0 Å². The van der Waals surface area contributed by atoms with Gasteiger partial charge >= 0.3 is 5.97 Å². The van der Waals surface area contributed by atoms with E-state index in [1.807, 2.05) is 97.1 Å². The van der Waals surface area contributed by atoms with Crippen LogP contribution in [0.1, 0.15) is 64.0 Å². The zero-order valence-electron chi connectivity index (χ0n) is 25.3. The van der Waals surface area contributed by atoms with Gasteiger partial charge in [0.1, 0.15) is 11.5 Å². The minimum absolute atomic E-state index is 0.280. The number of fused-ring (bicyclic) bond motifs is 6. The number of halogens is 2. The van der Waals surface area contributed by atoms with Gasteiger partial charge in [-0.05, 0) is 78.4 Å². The Kier molecular flexibility index (Phi) is 7.19. The van der Waals surface area contributed by atoms with Crippen molar-refractivity contribution in [1.29, 1.82) is 0 Å². The summed E-state index contributed by atoms with van der Waals surface area (Å²) in [7, 11) is 0. The molecule has 5 aromatic carbocycles. The predicted octanol–water partition coefficient (Wildman–Crippen LogP) is 10.00. The van der Waals surface area contributed by atoms with Crippen LogP contribution in [0.4, 0.5) is 11.4 Å². The quantitative estimate of drug-likeness (QED) is 0.193. The average Bonchev–Trinajstić information content (AvgIpc) is 3.38. The van der Waals surface area contributed by atoms with Gasteiger partial charge in [0.25, 0.3) is 0 Å². The Labute approximate surface area is 278 Å². The highest BCUT2D eigenvalue weighted by atomic mass is 35.5. The van der Waals surface area contributed by atoms with Crippen molar-refractivity contribution in [2.24, 2.45) is 5.92 Å². The van der Waals surface area contributed by atoms with Gasteiger partial charge in [-0.3, -0.25) is 0 Å². The molecule has 1 spiro atoms. The number of anilines is 2. The van der Waals surface area contributed by atoms with Crippen LogP contribution < -0.4 is 15.0 Å². The highest BCUT2D eigenvalue weighted by Crippen LogP contribution is 2.59. The molecule has 0 saturated carbocycles. The molecule has 3 heterocycles. The third-order valence-corrected chi connectivity index (χ3v) is 9.95. The van der Waals surface area contributed by atoms with Crippen LogP contribution in [0.5, 0.6) is 11.5 Å². The summed E-state index contributed by atoms with van der Waals surface area (Å²) in [5.41, 5.74) is 5.50. The smallest absolute Gasteiger partial charge is 0.342 e. The number of nitrogens with zero attached hydrogens (tertiary/aromatic N) is 1. The summed E-state index contributed by atoms with van der Waals surface area (Å²) in [5.74, 6) is 1.51. The highest BCUT2D eigenvalue weighted by Gasteiger charge is 2.56. The molecule has 7 heteroatoms. The fraction of sp³-hybridized carbons (Fsp3) is 0.205. The molecule has 0 aromatic heterocycles. The van der Waals surface area contributed by atoms with E-state index in [2.05, 4.69) is 29.3 Å². The van der Waals surface area contributed by atoms with Crippen molar-refractivity contribution >= 4 is 40.5 Å². The normalized spacial score (nSPS) is 17.6. The SMILES string of the molecule is CC1CCCN(c2ccc(NC(c3ccc(Cl)cc3)c3ccc(Cl)cc3)c3c2C(=O)OC32c3ccccc3Oc3ccccc32)C1. The van der Waals surface area contributed by atoms with E-state index in [0.29, 0.717) is 33.0 Å². The first-order valence-corrected chi connectivity index (χ1v) is 16.5. The zero-order chi connectivity index (χ0) is 31.4. The first-order chi connectivity index (χ1) is 22.4. The number of carbonyl (C=O) groups excluding carboxylic acids is 1. The molecular formula is C39H32Cl2N2O3. The molecular weight excluding hydrogens is 615 g/mol. The van der Waals surface area contributed by atoms with E-state index in [1.54, 1.807) is 0 Å². The van der Waals surface area contributed by atoms with Crippen molar-refractivity contribution in [2.75, 3.05) is 23.3 Å². The van der Waals surface area contributed by atoms with Gasteiger partial charge < -0.3 is 19.7 Å². The van der Waals surface area contributed by atoms with E-state index in [1.165, 1.54) is 6.42 Å². The number of carbonyl (C=O) groups is 1. The molecule has 1 N–H and O–H groups in total. The monoisotopic (exact) mass is 646 g/mol. The molecule has 1 atom stereocenters. The summed E-state index contributed by atoms with van der Waals surface area (Å²) in [5, 5.41) is 5.19. The van der Waals surface area contributed by atoms with Crippen molar-refractivity contribution in [1.82, 2.24) is 0 Å². The largest absolute Gasteiger partial charge is 0.456 e. The predicted molar refractivity (Wildman–Crippen MR) is 184 cm³/mol. The molecule has 1 fully saturated rings. The molecule has 5 nitrogen and oxygen atoms in total. The third kappa shape index (κ3) is 4.72. The molecule has 1 unspecified atom stereocenters. The summed E-state index contributed by atoms with van der Waals surface area (Å²) in [6.45, 7) is 4.04. The van der Waals surface area contributed by atoms with Crippen molar-refractivity contribution in [3.8, 4) is 11.5 Å². The second-order valence-electron chi connectivity index (χ2n) is 12.4. The number of ether oxygens (including phenoxy) is 2. The fourth-order valence-corrected chi connectivity index (χ4v) is 7.61. The molecule has 3 aliphatic rings. The van der Waals surface area contributed by atoms with Crippen molar-refractivity contribution in [2.45, 2.75) is 31.4 Å². The maximum atomic E-state index is 14.4. The Hall–Kier alpha value is -4.45. The summed E-state index contributed by atoms with van der Waals surface area (Å²) >= 11 is 12.6. The minimum Gasteiger partial charge on any atom is -0.456 e. The average molecular weight is 648 g/mol. The second kappa shape index (κ2) is 11.4. The first kappa shape index (κ1) is 29.0. The van der Waals surface area contributed by atoms with Crippen molar-refractivity contribution in [3.63, 3.8) is 0 Å². The molecule has 5 aromatic rings. The van der Waals surface area contributed by atoms with E-state index in [-0.39, 0.29) is 12.0 Å². The minimum atomic E-state index is -1.22. The van der Waals surface area contributed by atoms with Gasteiger partial charge in [-0.2, -0.15) is 0 Å². The summed E-state index contributed by atoms with van der Waals surface area (Å²) in [6, 6.07) is 35.3. The van der Waals surface area contributed by atoms with E-state index in [4.69, 9.17) is 32.7 Å². The molecule has 1 saturated heterocycles. The number of hydrogen-bond acceptors (Lipinski definition) is 5. The van der Waals surface area contributed by atoms with Gasteiger partial charge in [-0.1, -0.05) is 90.8 Å². The number of para-hydroxylation sites is 2. The van der Waals surface area contributed by atoms with E-state index < -0.39 is 5.60 Å². The van der Waals surface area contributed by atoms with Crippen molar-refractivity contribution < 1.29 is 14.3 Å². The standard InChI is InChI=1S/C39H32Cl2N2O3/c1-24-7-6-22-43(23-24)32-21-20-31(42-37(25-12-16-27(40)17-13-25)26-14-18-28(41)19-15-26)36-35(32)38(44)46-39(36)29-8-2-4-10-33(29)45-34-11-5-3-9-30(34)39/h2-5,8-21,24,37,42H,6-7,22-23H2,1H3. The number of piperidine rings is 1. The maximum absolute atomic E-state index is 14.4. The van der Waals surface area contributed by atoms with Crippen LogP contribution in [0.15, 0.2) is 109 Å². The number of benzene rings is 5. The topological polar surface area (TPSA) is 50.8 Å². The number of esters is 1. The molecule has 230 valence electrons. The lowest BCUT2D eigenvalue weighted by Gasteiger charge is -2.38. The van der Waals surface area contributed by atoms with Gasteiger partial charge in [0.15, 0.2) is 5.60 Å². The molecule has 46 heavy (non-hydrogen) atoms. The van der Waals surface area contributed by atoms with Crippen LogP contribution in [0.25, 0.3) is 0 Å². The Morgan fingerprint density at radius 3 is 1.98 bits per heavy atom. The van der Waals surface area contributed by atoms with Gasteiger partial charge in [-0.15, -0.1) is 0 Å². The van der Waals surface area contributed by atoms with E-state index in [9.17, 15) is 4.79 Å². The highest BCUT2D eigenvalue weighted by molar-refractivity contribution is 6.30. The second-order valence-corrected chi connectivity index (χ2v) is 13.3. The Bertz CT molecular complexity index is 1870. The van der Waals surface area contributed by atoms with Crippen LogP contribution in [-0.4, -0.2) is 19.1 Å². The molecule has 0 aliphatic carbocycles. The summed E-state index contributed by atoms with van der Waals surface area (Å²) < 4.78 is 13.1. The maximum Gasteiger partial charge on any atom is 0.342 e. The van der Waals surface area contributed by atoms with Gasteiger partial charge in [-0.25, -0.2) is 4.79 Å². The van der Waals surface area contributed by atoms with Crippen LogP contribution in [0.2, 0.25) is 10.0 Å². The number of rotatable bonds is 5. The van der Waals surface area contributed by atoms with Crippen LogP contribution >= 0.6 is 23.2 Å². The van der Waals surface area contributed by atoms with Crippen LogP contribution in [-0.2, 0) is 10.3 Å². The Balaban J connectivity index is 1.39. The van der Waals surface area contributed by atoms with E-state index in [0.717, 1.165) is 58.7 Å². The molecule has 8 rings (SSSR count). The first-order valence-electron chi connectivity index (χ1n) is 15.7. The van der Waals surface area contributed by atoms with Gasteiger partial charge in [0, 0.05) is 45.5 Å². The number of hydrogen-bond donors (Lipinski definition) is 1. The lowest BCUT2D eigenvalue weighted by atomic mass is 9.76. The molecule has 3 aliphatic heterocycles. The third-order valence-electron chi connectivity index (χ3n) is 9.44. The summed E-state index contributed by atoms with van der Waals surface area (Å²) in [4.78, 5) is 16.8. The number of nitrogens with one attached hydrogen (secondary N) is 1. The van der Waals surface area contributed by atoms with Gasteiger partial charge in [0.05, 0.1) is 17.3 Å². The Morgan fingerprint density at radius 2 is 1.39 bits per heavy atom. The molecule has 0 radical (unpaired) electrons. The van der Waals surface area contributed by atoms with Crippen molar-refractivity contribution in [3.05, 3.63) is 153 Å². The molecule has 0 amide bonds. The lowest BCUT2D eigenvalue weighted by molar-refractivity contribution is 0.0226. The Morgan fingerprint density at radius 1 is 0.804 bits per heavy atom. The fourth-order valence-electron chi connectivity index (χ4n) is 7.36. The van der Waals surface area contributed by atoms with Crippen LogP contribution in [0.3, 0.4) is 0 Å². The lowest BCUT2D eigenvalue weighted by Crippen LogP contribution is -2.35.